The molecule has 0 aromatic heterocycles. The summed E-state index contributed by atoms with van der Waals surface area (Å²) in [6.45, 7) is 8.48. The Balaban J connectivity index is 4.17. The first-order valence-corrected chi connectivity index (χ1v) is 6.99. The second-order valence-corrected chi connectivity index (χ2v) is 5.87. The van der Waals surface area contributed by atoms with Crippen LogP contribution in [0.15, 0.2) is 0 Å². The average molecular weight is 273 g/mol. The highest BCUT2D eigenvalue weighted by Gasteiger charge is 2.32. The molecule has 0 aliphatic carbocycles. The van der Waals surface area contributed by atoms with E-state index >= 15 is 0 Å². The number of quaternary nitrogens is 1. The van der Waals surface area contributed by atoms with Crippen LogP contribution in [-0.2, 0) is 14.3 Å². The molecular formula is C14H29N2O3+. The van der Waals surface area contributed by atoms with E-state index in [1.165, 1.54) is 4.90 Å². The Bertz CT molecular complexity index is 301. The first-order chi connectivity index (χ1) is 8.70. The highest BCUT2D eigenvalue weighted by molar-refractivity contribution is 5.88. The largest absolute Gasteiger partial charge is 0.464 e. The molecule has 0 radical (unpaired) electrons. The van der Waals surface area contributed by atoms with Crippen LogP contribution in [0.3, 0.4) is 0 Å². The van der Waals surface area contributed by atoms with Crippen molar-refractivity contribution in [1.82, 2.24) is 5.32 Å². The van der Waals surface area contributed by atoms with Crippen LogP contribution in [0.1, 0.15) is 40.5 Å². The molecule has 0 saturated heterocycles. The lowest BCUT2D eigenvalue weighted by molar-refractivity contribution is -0.858. The molecule has 0 rings (SSSR count). The van der Waals surface area contributed by atoms with Gasteiger partial charge in [-0.1, -0.05) is 13.8 Å². The normalized spacial score (nSPS) is 13.2. The van der Waals surface area contributed by atoms with Gasteiger partial charge in [0, 0.05) is 12.3 Å². The van der Waals surface area contributed by atoms with Gasteiger partial charge in [0.05, 0.1) is 27.2 Å². The second kappa shape index (κ2) is 8.15. The Morgan fingerprint density at radius 2 is 1.89 bits per heavy atom. The van der Waals surface area contributed by atoms with Gasteiger partial charge in [-0.05, 0) is 20.3 Å². The zero-order valence-corrected chi connectivity index (χ0v) is 13.1. The summed E-state index contributed by atoms with van der Waals surface area (Å²) < 4.78 is 5.20. The Labute approximate surface area is 116 Å². The summed E-state index contributed by atoms with van der Waals surface area (Å²) in [5, 5.41) is 2.74. The van der Waals surface area contributed by atoms with Crippen LogP contribution in [0.2, 0.25) is 0 Å². The van der Waals surface area contributed by atoms with Crippen molar-refractivity contribution in [1.29, 1.82) is 0 Å². The zero-order valence-electron chi connectivity index (χ0n) is 13.1. The van der Waals surface area contributed by atoms with Crippen LogP contribution < -0.4 is 10.2 Å². The quantitative estimate of drug-likeness (QED) is 0.484. The number of hydrogen-bond donors (Lipinski definition) is 2. The minimum atomic E-state index is -0.967. The molecule has 112 valence electrons. The molecule has 0 aromatic rings. The molecule has 1 atom stereocenters. The van der Waals surface area contributed by atoms with E-state index in [1.807, 2.05) is 13.8 Å². The molecule has 0 aliphatic heterocycles. The van der Waals surface area contributed by atoms with Crippen LogP contribution in [0.25, 0.3) is 0 Å². The lowest BCUT2D eigenvalue weighted by atomic mass is 10.0. The van der Waals surface area contributed by atoms with E-state index in [4.69, 9.17) is 4.74 Å². The SMILES string of the molecule is CCC(C)C(=O)NC(C)(C)C(=O)OCCC[NH+](C)C. The first-order valence-electron chi connectivity index (χ1n) is 6.99. The summed E-state index contributed by atoms with van der Waals surface area (Å²) in [7, 11) is 4.11. The molecule has 5 heteroatoms. The Kier molecular flexibility index (Phi) is 7.68. The van der Waals surface area contributed by atoms with Gasteiger partial charge in [0.25, 0.3) is 0 Å². The highest BCUT2D eigenvalue weighted by atomic mass is 16.5. The van der Waals surface area contributed by atoms with Gasteiger partial charge in [-0.25, -0.2) is 4.79 Å². The molecule has 0 aromatic carbocycles. The van der Waals surface area contributed by atoms with E-state index in [1.54, 1.807) is 13.8 Å². The molecule has 5 nitrogen and oxygen atoms in total. The number of esters is 1. The molecule has 0 bridgehead atoms. The zero-order chi connectivity index (χ0) is 15.1. The van der Waals surface area contributed by atoms with Crippen molar-refractivity contribution >= 4 is 11.9 Å². The fourth-order valence-electron chi connectivity index (χ4n) is 1.44. The van der Waals surface area contributed by atoms with Crippen molar-refractivity contribution in [2.45, 2.75) is 46.1 Å². The lowest BCUT2D eigenvalue weighted by Crippen LogP contribution is -3.05. The van der Waals surface area contributed by atoms with Gasteiger partial charge < -0.3 is 15.0 Å². The van der Waals surface area contributed by atoms with E-state index in [0.717, 1.165) is 19.4 Å². The number of carbonyl (C=O) groups is 2. The minimum absolute atomic E-state index is 0.0931. The monoisotopic (exact) mass is 273 g/mol. The van der Waals surface area contributed by atoms with Crippen LogP contribution >= 0.6 is 0 Å². The van der Waals surface area contributed by atoms with Crippen LogP contribution in [0.4, 0.5) is 0 Å². The predicted octanol–water partition coefficient (Wildman–Crippen LogP) is 0.00510. The Morgan fingerprint density at radius 3 is 2.37 bits per heavy atom. The van der Waals surface area contributed by atoms with Gasteiger partial charge in [0.1, 0.15) is 5.54 Å². The molecule has 2 N–H and O–H groups in total. The van der Waals surface area contributed by atoms with Crippen molar-refractivity contribution in [3.63, 3.8) is 0 Å². The van der Waals surface area contributed by atoms with Crippen molar-refractivity contribution in [3.05, 3.63) is 0 Å². The van der Waals surface area contributed by atoms with Crippen LogP contribution in [0, 0.1) is 5.92 Å². The van der Waals surface area contributed by atoms with Crippen molar-refractivity contribution < 1.29 is 19.2 Å². The Morgan fingerprint density at radius 1 is 1.32 bits per heavy atom. The fourth-order valence-corrected chi connectivity index (χ4v) is 1.44. The maximum atomic E-state index is 11.9. The summed E-state index contributed by atoms with van der Waals surface area (Å²) >= 11 is 0. The fraction of sp³-hybridized carbons (Fsp3) is 0.857. The maximum absolute atomic E-state index is 11.9. The Hall–Kier alpha value is -1.10. The van der Waals surface area contributed by atoms with Gasteiger partial charge in [-0.3, -0.25) is 4.79 Å². The lowest BCUT2D eigenvalue weighted by Gasteiger charge is -2.25. The van der Waals surface area contributed by atoms with Crippen molar-refractivity contribution in [2.75, 3.05) is 27.2 Å². The molecule has 0 heterocycles. The number of ether oxygens (including phenoxy) is 1. The number of hydrogen-bond acceptors (Lipinski definition) is 3. The maximum Gasteiger partial charge on any atom is 0.331 e. The van der Waals surface area contributed by atoms with E-state index in [9.17, 15) is 9.59 Å². The highest BCUT2D eigenvalue weighted by Crippen LogP contribution is 2.09. The van der Waals surface area contributed by atoms with Gasteiger partial charge in [-0.2, -0.15) is 0 Å². The van der Waals surface area contributed by atoms with Crippen LogP contribution in [0.5, 0.6) is 0 Å². The molecule has 0 spiro atoms. The summed E-state index contributed by atoms with van der Waals surface area (Å²) in [5.74, 6) is -0.579. The van der Waals surface area contributed by atoms with E-state index < -0.39 is 5.54 Å². The number of carbonyl (C=O) groups excluding carboxylic acids is 2. The first kappa shape index (κ1) is 17.9. The summed E-state index contributed by atoms with van der Waals surface area (Å²) in [6, 6.07) is 0. The molecule has 19 heavy (non-hydrogen) atoms. The van der Waals surface area contributed by atoms with E-state index in [-0.39, 0.29) is 17.8 Å². The van der Waals surface area contributed by atoms with Crippen LogP contribution in [-0.4, -0.2) is 44.7 Å². The van der Waals surface area contributed by atoms with E-state index in [2.05, 4.69) is 19.4 Å². The third-order valence-electron chi connectivity index (χ3n) is 3.06. The standard InChI is InChI=1S/C14H28N2O3/c1-7-11(2)12(17)15-14(3,4)13(18)19-10-8-9-16(5)6/h11H,7-10H2,1-6H3,(H,15,17)/p+1. The van der Waals surface area contributed by atoms with Gasteiger partial charge in [0.15, 0.2) is 0 Å². The smallest absolute Gasteiger partial charge is 0.331 e. The van der Waals surface area contributed by atoms with Crippen molar-refractivity contribution in [3.8, 4) is 0 Å². The van der Waals surface area contributed by atoms with Gasteiger partial charge >= 0.3 is 5.97 Å². The molecule has 1 unspecified atom stereocenters. The van der Waals surface area contributed by atoms with E-state index in [0.29, 0.717) is 6.61 Å². The number of amides is 1. The van der Waals surface area contributed by atoms with Gasteiger partial charge in [-0.15, -0.1) is 0 Å². The second-order valence-electron chi connectivity index (χ2n) is 5.87. The predicted molar refractivity (Wildman–Crippen MR) is 74.9 cm³/mol. The molecular weight excluding hydrogens is 244 g/mol. The summed E-state index contributed by atoms with van der Waals surface area (Å²) in [4.78, 5) is 25.0. The number of nitrogens with one attached hydrogen (secondary N) is 2. The third kappa shape index (κ3) is 7.15. The van der Waals surface area contributed by atoms with Crippen molar-refractivity contribution in [2.24, 2.45) is 5.92 Å². The summed E-state index contributed by atoms with van der Waals surface area (Å²) in [5.41, 5.74) is -0.967. The van der Waals surface area contributed by atoms with Gasteiger partial charge in [0.2, 0.25) is 5.91 Å². The topological polar surface area (TPSA) is 59.8 Å². The number of rotatable bonds is 8. The molecule has 0 fully saturated rings. The molecule has 0 aliphatic rings. The molecule has 1 amide bonds. The average Bonchev–Trinajstić information content (AvgIpc) is 2.32. The molecule has 0 saturated carbocycles. The summed E-state index contributed by atoms with van der Waals surface area (Å²) in [6.07, 6.45) is 1.58. The minimum Gasteiger partial charge on any atom is -0.464 e. The third-order valence-corrected chi connectivity index (χ3v) is 3.06.